The molecular weight excluding hydrogens is 529 g/mol. The maximum absolute atomic E-state index is 13.9. The smallest absolute Gasteiger partial charge is 0.368 e. The van der Waals surface area contributed by atoms with E-state index in [2.05, 4.69) is 9.88 Å². The highest BCUT2D eigenvalue weighted by atomic mass is 35.5. The van der Waals surface area contributed by atoms with E-state index in [0.717, 1.165) is 49.5 Å². The molecule has 1 aromatic heterocycles. The Morgan fingerprint density at radius 2 is 1.85 bits per heavy atom. The molecule has 1 aliphatic heterocycles. The summed E-state index contributed by atoms with van der Waals surface area (Å²) in [5.74, 6) is -2.70. The number of nitrogens with two attached hydrogens (primary N) is 1. The lowest BCUT2D eigenvalue weighted by molar-refractivity contribution is -0.183. The first-order valence-electron chi connectivity index (χ1n) is 13.4. The molecule has 1 aliphatic carbocycles. The zero-order chi connectivity index (χ0) is 27.9. The van der Waals surface area contributed by atoms with Gasteiger partial charge in [0, 0.05) is 17.1 Å². The summed E-state index contributed by atoms with van der Waals surface area (Å²) in [5, 5.41) is 0.478. The van der Waals surface area contributed by atoms with E-state index in [4.69, 9.17) is 17.3 Å². The fraction of sp³-hybridized carbons (Fsp3) is 0.483. The summed E-state index contributed by atoms with van der Waals surface area (Å²) in [5.41, 5.74) is 6.37. The highest BCUT2D eigenvalue weighted by Gasteiger charge is 2.46. The second-order valence-electron chi connectivity index (χ2n) is 11.0. The van der Waals surface area contributed by atoms with Crippen LogP contribution in [0.15, 0.2) is 47.3 Å². The molecule has 2 fully saturated rings. The van der Waals surface area contributed by atoms with E-state index in [0.29, 0.717) is 22.0 Å². The van der Waals surface area contributed by atoms with Crippen molar-refractivity contribution in [2.24, 2.45) is 17.6 Å². The number of amides is 1. The summed E-state index contributed by atoms with van der Waals surface area (Å²) in [6.45, 7) is 4.22. The molecule has 2 heterocycles. The van der Waals surface area contributed by atoms with E-state index in [9.17, 15) is 22.8 Å². The van der Waals surface area contributed by atoms with Gasteiger partial charge in [-0.3, -0.25) is 14.2 Å². The lowest BCUT2D eigenvalue weighted by Gasteiger charge is -2.40. The van der Waals surface area contributed by atoms with Gasteiger partial charge in [-0.1, -0.05) is 43.1 Å². The fourth-order valence-corrected chi connectivity index (χ4v) is 6.19. The monoisotopic (exact) mass is 560 g/mol. The van der Waals surface area contributed by atoms with Crippen molar-refractivity contribution in [3.05, 3.63) is 63.4 Å². The molecule has 2 aromatic carbocycles. The third-order valence-corrected chi connectivity index (χ3v) is 8.47. The van der Waals surface area contributed by atoms with Gasteiger partial charge in [0.2, 0.25) is 5.91 Å². The molecule has 0 spiro atoms. The second-order valence-corrected chi connectivity index (χ2v) is 11.4. The summed E-state index contributed by atoms with van der Waals surface area (Å²) in [6.07, 6.45) is 1.02. The Balaban J connectivity index is 1.55. The number of halogens is 4. The molecule has 1 saturated carbocycles. The molecule has 3 aromatic rings. The van der Waals surface area contributed by atoms with Crippen molar-refractivity contribution in [2.75, 3.05) is 19.6 Å². The number of aromatic nitrogens is 2. The van der Waals surface area contributed by atoms with Crippen LogP contribution < -0.4 is 11.3 Å². The van der Waals surface area contributed by atoms with Crippen LogP contribution in [0, 0.1) is 11.8 Å². The van der Waals surface area contributed by atoms with E-state index < -0.39 is 29.6 Å². The molecule has 1 amide bonds. The third kappa shape index (κ3) is 5.70. The molecule has 6 nitrogen and oxygen atoms in total. The summed E-state index contributed by atoms with van der Waals surface area (Å²) in [6, 6.07) is 9.68. The Bertz CT molecular complexity index is 1430. The van der Waals surface area contributed by atoms with Gasteiger partial charge in [-0.2, -0.15) is 13.2 Å². The van der Waals surface area contributed by atoms with Gasteiger partial charge in [-0.05, 0) is 80.4 Å². The first-order chi connectivity index (χ1) is 18.5. The van der Waals surface area contributed by atoms with Crippen LogP contribution in [0.4, 0.5) is 13.2 Å². The third-order valence-electron chi connectivity index (χ3n) is 8.24. The predicted molar refractivity (Wildman–Crippen MR) is 146 cm³/mol. The van der Waals surface area contributed by atoms with Crippen molar-refractivity contribution < 1.29 is 18.0 Å². The standard InChI is InChI=1S/C29H32ClF3N4O2/c1-17(29(31,32)33)25(26(34)38)37-27(20-6-5-7-22(30)14-20)35-24-9-8-19(15-23(24)28(37)39)21-12-18(13-21)16-36-10-3-2-4-11-36/h5-9,14-15,17-18,21,25H,2-4,10-13,16H2,1H3,(H2,34,38)/t17-,18-,21+,25?/m0/s1. The number of fused-ring (bicyclic) bond motifs is 1. The summed E-state index contributed by atoms with van der Waals surface area (Å²) < 4.78 is 42.4. The predicted octanol–water partition coefficient (Wildman–Crippen LogP) is 5.92. The number of hydrogen-bond donors (Lipinski definition) is 1. The summed E-state index contributed by atoms with van der Waals surface area (Å²) in [4.78, 5) is 33.5. The second kappa shape index (κ2) is 10.9. The molecule has 0 bridgehead atoms. The van der Waals surface area contributed by atoms with Gasteiger partial charge in [0.25, 0.3) is 5.56 Å². The molecule has 2 aliphatic rings. The Hall–Kier alpha value is -2.91. The van der Waals surface area contributed by atoms with Gasteiger partial charge in [0.15, 0.2) is 0 Å². The topological polar surface area (TPSA) is 81.2 Å². The van der Waals surface area contributed by atoms with Crippen LogP contribution in [-0.2, 0) is 4.79 Å². The normalized spacial score (nSPS) is 21.9. The number of hydrogen-bond acceptors (Lipinski definition) is 4. The van der Waals surface area contributed by atoms with Gasteiger partial charge in [0.05, 0.1) is 16.8 Å². The van der Waals surface area contributed by atoms with Crippen LogP contribution >= 0.6 is 11.6 Å². The minimum atomic E-state index is -4.77. The number of rotatable bonds is 7. The number of piperidine rings is 1. The molecule has 1 unspecified atom stereocenters. The van der Waals surface area contributed by atoms with Crippen molar-refractivity contribution in [3.8, 4) is 11.4 Å². The SMILES string of the molecule is C[C@@H](C(C(N)=O)n1c(-c2cccc(Cl)c2)nc2ccc([C@H]3C[C@@H](CN4CCCCC4)C3)cc2c1=O)C(F)(F)F. The molecule has 1 saturated heterocycles. The van der Waals surface area contributed by atoms with Gasteiger partial charge >= 0.3 is 6.18 Å². The van der Waals surface area contributed by atoms with Crippen molar-refractivity contribution in [1.29, 1.82) is 0 Å². The van der Waals surface area contributed by atoms with E-state index in [1.54, 1.807) is 30.3 Å². The summed E-state index contributed by atoms with van der Waals surface area (Å²) in [7, 11) is 0. The first-order valence-corrected chi connectivity index (χ1v) is 13.8. The molecular formula is C29H32ClF3N4O2. The first kappa shape index (κ1) is 27.6. The zero-order valence-electron chi connectivity index (χ0n) is 21.8. The fourth-order valence-electron chi connectivity index (χ4n) is 6.00. The van der Waals surface area contributed by atoms with E-state index in [-0.39, 0.29) is 17.1 Å². The molecule has 208 valence electrons. The maximum Gasteiger partial charge on any atom is 0.394 e. The molecule has 5 rings (SSSR count). The molecule has 39 heavy (non-hydrogen) atoms. The number of benzene rings is 2. The van der Waals surface area contributed by atoms with Crippen LogP contribution in [0.5, 0.6) is 0 Å². The van der Waals surface area contributed by atoms with Crippen LogP contribution in [0.3, 0.4) is 0 Å². The van der Waals surface area contributed by atoms with E-state index in [1.807, 2.05) is 6.07 Å². The lowest BCUT2D eigenvalue weighted by Crippen LogP contribution is -2.43. The number of nitrogens with zero attached hydrogens (tertiary/aromatic N) is 3. The number of carbonyl (C=O) groups is 1. The average molecular weight is 561 g/mol. The van der Waals surface area contributed by atoms with Crippen molar-refractivity contribution in [3.63, 3.8) is 0 Å². The quantitative estimate of drug-likeness (QED) is 0.389. The van der Waals surface area contributed by atoms with Gasteiger partial charge in [-0.15, -0.1) is 0 Å². The Kier molecular flexibility index (Phi) is 7.75. The largest absolute Gasteiger partial charge is 0.394 e. The molecule has 0 radical (unpaired) electrons. The van der Waals surface area contributed by atoms with Crippen LogP contribution in [0.25, 0.3) is 22.3 Å². The lowest BCUT2D eigenvalue weighted by atomic mass is 9.71. The van der Waals surface area contributed by atoms with Gasteiger partial charge in [0.1, 0.15) is 11.9 Å². The van der Waals surface area contributed by atoms with Gasteiger partial charge < -0.3 is 10.6 Å². The van der Waals surface area contributed by atoms with Gasteiger partial charge in [-0.25, -0.2) is 4.98 Å². The number of alkyl halides is 3. The van der Waals surface area contributed by atoms with Crippen LogP contribution in [0.1, 0.15) is 56.6 Å². The van der Waals surface area contributed by atoms with E-state index >= 15 is 0 Å². The zero-order valence-corrected chi connectivity index (χ0v) is 22.5. The Labute approximate surface area is 230 Å². The van der Waals surface area contributed by atoms with Crippen molar-refractivity contribution >= 4 is 28.4 Å². The minimum Gasteiger partial charge on any atom is -0.368 e. The number of primary amides is 1. The van der Waals surface area contributed by atoms with Crippen LogP contribution in [-0.4, -0.2) is 46.2 Å². The molecule has 2 N–H and O–H groups in total. The van der Waals surface area contributed by atoms with E-state index in [1.165, 1.54) is 25.3 Å². The van der Waals surface area contributed by atoms with Crippen molar-refractivity contribution in [1.82, 2.24) is 14.5 Å². The summed E-state index contributed by atoms with van der Waals surface area (Å²) >= 11 is 6.14. The maximum atomic E-state index is 13.9. The Morgan fingerprint density at radius 3 is 2.49 bits per heavy atom. The minimum absolute atomic E-state index is 0.0899. The Morgan fingerprint density at radius 1 is 1.13 bits per heavy atom. The molecule has 10 heteroatoms. The van der Waals surface area contributed by atoms with Crippen LogP contribution in [0.2, 0.25) is 5.02 Å². The highest BCUT2D eigenvalue weighted by molar-refractivity contribution is 6.30. The average Bonchev–Trinajstić information content (AvgIpc) is 2.87. The molecule has 2 atom stereocenters. The number of carbonyl (C=O) groups excluding carboxylic acids is 1. The number of likely N-dealkylation sites (tertiary alicyclic amines) is 1. The van der Waals surface area contributed by atoms with Crippen molar-refractivity contribution in [2.45, 2.75) is 57.2 Å². The highest BCUT2D eigenvalue weighted by Crippen LogP contribution is 2.43.